The van der Waals surface area contributed by atoms with Crippen molar-refractivity contribution in [2.24, 2.45) is 17.3 Å². The van der Waals surface area contributed by atoms with Gasteiger partial charge in [-0.2, -0.15) is 0 Å². The molecular weight excluding hydrogens is 286 g/mol. The number of nitrogens with zero attached hydrogens (tertiary/aromatic N) is 1. The third kappa shape index (κ3) is 7.58. The van der Waals surface area contributed by atoms with E-state index in [4.69, 9.17) is 0 Å². The van der Waals surface area contributed by atoms with Crippen LogP contribution in [0.2, 0.25) is 0 Å². The van der Waals surface area contributed by atoms with Crippen molar-refractivity contribution >= 4 is 11.8 Å². The summed E-state index contributed by atoms with van der Waals surface area (Å²) in [5, 5.41) is 0. The molecule has 2 heteroatoms. The molecule has 0 rings (SSSR count). The number of hydrogen-bond acceptors (Lipinski definition) is 2. The number of rotatable bonds is 11. The summed E-state index contributed by atoms with van der Waals surface area (Å²) in [6.45, 7) is 26.1. The summed E-state index contributed by atoms with van der Waals surface area (Å²) in [6, 6.07) is 0. The zero-order valence-corrected chi connectivity index (χ0v) is 16.8. The molecule has 0 amide bonds. The lowest BCUT2D eigenvalue weighted by atomic mass is 9.81. The summed E-state index contributed by atoms with van der Waals surface area (Å²) < 4.78 is 0. The van der Waals surface area contributed by atoms with Crippen LogP contribution in [-0.4, -0.2) is 23.6 Å². The highest BCUT2D eigenvalue weighted by Gasteiger charge is 2.23. The van der Waals surface area contributed by atoms with Crippen LogP contribution in [0.25, 0.3) is 0 Å². The summed E-state index contributed by atoms with van der Waals surface area (Å²) in [5.41, 5.74) is 4.05. The molecule has 0 radical (unpaired) electrons. The van der Waals surface area contributed by atoms with Crippen molar-refractivity contribution in [1.29, 1.82) is 0 Å². The zero-order chi connectivity index (χ0) is 17.5. The monoisotopic (exact) mass is 323 g/mol. The Kier molecular flexibility index (Phi) is 9.22. The molecular formula is C20H37NS. The molecule has 0 fully saturated rings. The van der Waals surface area contributed by atoms with E-state index in [0.29, 0.717) is 11.8 Å². The van der Waals surface area contributed by atoms with Gasteiger partial charge in [-0.15, -0.1) is 11.8 Å². The normalized spacial score (nSPS) is 11.9. The van der Waals surface area contributed by atoms with E-state index in [1.807, 2.05) is 11.8 Å². The Morgan fingerprint density at radius 1 is 1.00 bits per heavy atom. The van der Waals surface area contributed by atoms with Crippen LogP contribution in [0.1, 0.15) is 54.4 Å². The second-order valence-corrected chi connectivity index (χ2v) is 8.57. The molecule has 22 heavy (non-hydrogen) atoms. The average molecular weight is 324 g/mol. The Hall–Kier alpha value is -0.630. The van der Waals surface area contributed by atoms with Crippen LogP contribution >= 0.6 is 11.8 Å². The molecule has 1 nitrogen and oxygen atoms in total. The van der Waals surface area contributed by atoms with Gasteiger partial charge < -0.3 is 4.90 Å². The van der Waals surface area contributed by atoms with Crippen molar-refractivity contribution in [2.45, 2.75) is 54.4 Å². The third-order valence-corrected chi connectivity index (χ3v) is 5.90. The molecule has 0 aromatic heterocycles. The molecule has 0 atom stereocenters. The van der Waals surface area contributed by atoms with Crippen LogP contribution in [0.4, 0.5) is 0 Å². The molecule has 0 saturated carbocycles. The molecule has 0 saturated heterocycles. The number of thioether (sulfide) groups is 1. The predicted octanol–water partition coefficient (Wildman–Crippen LogP) is 6.35. The van der Waals surface area contributed by atoms with Gasteiger partial charge in [0, 0.05) is 18.5 Å². The van der Waals surface area contributed by atoms with Crippen LogP contribution in [0, 0.1) is 17.3 Å². The Bertz CT molecular complexity index is 391. The van der Waals surface area contributed by atoms with Gasteiger partial charge in [-0.05, 0) is 30.1 Å². The molecule has 128 valence electrons. The van der Waals surface area contributed by atoms with Gasteiger partial charge in [0.15, 0.2) is 0 Å². The quantitative estimate of drug-likeness (QED) is 0.322. The topological polar surface area (TPSA) is 3.24 Å². The Labute approximate surface area is 143 Å². The van der Waals surface area contributed by atoms with Crippen molar-refractivity contribution in [3.05, 3.63) is 36.6 Å². The van der Waals surface area contributed by atoms with Gasteiger partial charge >= 0.3 is 0 Å². The molecule has 0 aliphatic carbocycles. The molecule has 0 N–H and O–H groups in total. The van der Waals surface area contributed by atoms with Gasteiger partial charge in [-0.1, -0.05) is 72.4 Å². The average Bonchev–Trinajstić information content (AvgIpc) is 2.42. The largest absolute Gasteiger partial charge is 0.369 e. The van der Waals surface area contributed by atoms with Gasteiger partial charge in [0.25, 0.3) is 0 Å². The summed E-state index contributed by atoms with van der Waals surface area (Å²) in [6.07, 6.45) is 2.05. The van der Waals surface area contributed by atoms with Gasteiger partial charge in [0.1, 0.15) is 0 Å². The van der Waals surface area contributed by atoms with Gasteiger partial charge in [0.2, 0.25) is 0 Å². The molecule has 0 spiro atoms. The van der Waals surface area contributed by atoms with E-state index < -0.39 is 0 Å². The standard InChI is InChI=1S/C20H37NS/c1-15(2)17(5)11-12-18(6)21(10)14-22-13-20(8,9)19(7)16(3)4/h15-16H,5-7,11-14H2,1-4,8-10H3. The second kappa shape index (κ2) is 9.50. The molecule has 0 aliphatic rings. The highest BCUT2D eigenvalue weighted by atomic mass is 32.2. The van der Waals surface area contributed by atoms with E-state index in [2.05, 4.69) is 73.2 Å². The fourth-order valence-corrected chi connectivity index (χ4v) is 3.43. The number of allylic oxidation sites excluding steroid dienone is 3. The zero-order valence-electron chi connectivity index (χ0n) is 16.0. The maximum atomic E-state index is 4.27. The van der Waals surface area contributed by atoms with Crippen molar-refractivity contribution in [3.8, 4) is 0 Å². The molecule has 0 unspecified atom stereocenters. The minimum absolute atomic E-state index is 0.187. The van der Waals surface area contributed by atoms with E-state index in [-0.39, 0.29) is 5.41 Å². The smallest absolute Gasteiger partial charge is 0.0633 e. The third-order valence-electron chi connectivity index (χ3n) is 4.41. The molecule has 0 aromatic carbocycles. The van der Waals surface area contributed by atoms with Crippen LogP contribution < -0.4 is 0 Å². The highest BCUT2D eigenvalue weighted by molar-refractivity contribution is 7.99. The Morgan fingerprint density at radius 3 is 2.00 bits per heavy atom. The van der Waals surface area contributed by atoms with E-state index in [9.17, 15) is 0 Å². The minimum Gasteiger partial charge on any atom is -0.369 e. The van der Waals surface area contributed by atoms with Gasteiger partial charge in [0.05, 0.1) is 5.88 Å². The van der Waals surface area contributed by atoms with E-state index in [1.54, 1.807) is 0 Å². The fraction of sp³-hybridized carbons (Fsp3) is 0.700. The van der Waals surface area contributed by atoms with Crippen LogP contribution in [0.5, 0.6) is 0 Å². The highest BCUT2D eigenvalue weighted by Crippen LogP contribution is 2.34. The maximum Gasteiger partial charge on any atom is 0.0633 e. The Balaban J connectivity index is 4.18. The molecule has 0 heterocycles. The minimum atomic E-state index is 0.187. The first-order valence-electron chi connectivity index (χ1n) is 8.32. The summed E-state index contributed by atoms with van der Waals surface area (Å²) in [4.78, 5) is 2.27. The summed E-state index contributed by atoms with van der Waals surface area (Å²) >= 11 is 1.96. The first-order valence-corrected chi connectivity index (χ1v) is 9.48. The van der Waals surface area contributed by atoms with Crippen LogP contribution in [0.3, 0.4) is 0 Å². The number of hydrogen-bond donors (Lipinski definition) is 0. The first-order chi connectivity index (χ1) is 9.99. The summed E-state index contributed by atoms with van der Waals surface area (Å²) in [5.74, 6) is 3.20. The Morgan fingerprint density at radius 2 is 1.55 bits per heavy atom. The van der Waals surface area contributed by atoms with Crippen LogP contribution in [0.15, 0.2) is 36.6 Å². The lowest BCUT2D eigenvalue weighted by Gasteiger charge is -2.31. The van der Waals surface area contributed by atoms with E-state index in [0.717, 1.165) is 24.5 Å². The van der Waals surface area contributed by atoms with E-state index in [1.165, 1.54) is 16.8 Å². The molecule has 0 bridgehead atoms. The van der Waals surface area contributed by atoms with Gasteiger partial charge in [-0.3, -0.25) is 0 Å². The lowest BCUT2D eigenvalue weighted by Crippen LogP contribution is -2.23. The van der Waals surface area contributed by atoms with Gasteiger partial charge in [-0.25, -0.2) is 0 Å². The second-order valence-electron chi connectivity index (χ2n) is 7.62. The van der Waals surface area contributed by atoms with Crippen molar-refractivity contribution in [3.63, 3.8) is 0 Å². The maximum absolute atomic E-state index is 4.27. The molecule has 0 aromatic rings. The molecule has 0 aliphatic heterocycles. The first kappa shape index (κ1) is 21.4. The lowest BCUT2D eigenvalue weighted by molar-refractivity contribution is 0.449. The fourth-order valence-electron chi connectivity index (χ4n) is 2.19. The van der Waals surface area contributed by atoms with Crippen molar-refractivity contribution in [2.75, 3.05) is 18.7 Å². The van der Waals surface area contributed by atoms with Crippen LogP contribution in [-0.2, 0) is 0 Å². The van der Waals surface area contributed by atoms with E-state index >= 15 is 0 Å². The summed E-state index contributed by atoms with van der Waals surface area (Å²) in [7, 11) is 2.14. The van der Waals surface area contributed by atoms with Crippen molar-refractivity contribution < 1.29 is 0 Å². The SMILES string of the molecule is C=C(CCC(=C)N(C)CSCC(C)(C)C(=C)C(C)C)C(C)C. The predicted molar refractivity (Wildman–Crippen MR) is 105 cm³/mol. The van der Waals surface area contributed by atoms with Crippen molar-refractivity contribution in [1.82, 2.24) is 4.90 Å².